The van der Waals surface area contributed by atoms with Gasteiger partial charge < -0.3 is 18.6 Å². The summed E-state index contributed by atoms with van der Waals surface area (Å²) < 4.78 is 27.1. The molecule has 4 aromatic rings. The lowest BCUT2D eigenvalue weighted by molar-refractivity contribution is 0.00578. The Bertz CT molecular complexity index is 1720. The summed E-state index contributed by atoms with van der Waals surface area (Å²) in [5.74, 6) is 0. The minimum Gasteiger partial charge on any atom is -0.399 e. The first-order valence-electron chi connectivity index (χ1n) is 21.5. The van der Waals surface area contributed by atoms with Gasteiger partial charge in [-0.05, 0) is 136 Å². The highest BCUT2D eigenvalue weighted by molar-refractivity contribution is 6.66. The average Bonchev–Trinajstić information content (AvgIpc) is 3.49. The molecule has 290 valence electrons. The van der Waals surface area contributed by atoms with E-state index >= 15 is 0 Å². The molecule has 4 nitrogen and oxygen atoms in total. The molecule has 0 N–H and O–H groups in total. The molecule has 0 radical (unpaired) electrons. The van der Waals surface area contributed by atoms with Crippen LogP contribution in [0.3, 0.4) is 0 Å². The van der Waals surface area contributed by atoms with Gasteiger partial charge in [-0.15, -0.1) is 0 Å². The van der Waals surface area contributed by atoms with Crippen LogP contribution >= 0.6 is 0 Å². The molecule has 0 atom stereocenters. The maximum atomic E-state index is 6.77. The van der Waals surface area contributed by atoms with Crippen LogP contribution in [0.4, 0.5) is 0 Å². The van der Waals surface area contributed by atoms with Gasteiger partial charge in [-0.2, -0.15) is 0 Å². The lowest BCUT2D eigenvalue weighted by Crippen LogP contribution is -2.41. The third kappa shape index (κ3) is 8.38. The summed E-state index contributed by atoms with van der Waals surface area (Å²) >= 11 is 0. The fourth-order valence-electron chi connectivity index (χ4n) is 8.43. The first kappa shape index (κ1) is 41.0. The van der Waals surface area contributed by atoms with Crippen molar-refractivity contribution in [1.82, 2.24) is 0 Å². The quantitative estimate of drug-likeness (QED) is 0.0801. The Balaban J connectivity index is 1.55. The SMILES string of the molecule is CCCCCCCCc1cc(B2OC(C)(C)C(C)(C)O2)c2ccccc2c1-c1c(CCCCCCCC)cc(B2OC(C)(C)C(C)(C)O2)c2ccccc12. The first-order chi connectivity index (χ1) is 25.7. The molecule has 2 fully saturated rings. The zero-order valence-corrected chi connectivity index (χ0v) is 35.5. The molecule has 0 aromatic heterocycles. The second kappa shape index (κ2) is 16.8. The second-order valence-corrected chi connectivity index (χ2v) is 18.3. The molecule has 0 unspecified atom stereocenters. The monoisotopic (exact) mass is 731 g/mol. The highest BCUT2D eigenvalue weighted by Crippen LogP contribution is 2.43. The zero-order chi connectivity index (χ0) is 38.7. The Morgan fingerprint density at radius 1 is 0.407 bits per heavy atom. The van der Waals surface area contributed by atoms with Crippen LogP contribution in [0.5, 0.6) is 0 Å². The van der Waals surface area contributed by atoms with Gasteiger partial charge in [0, 0.05) is 0 Å². The van der Waals surface area contributed by atoms with Crippen molar-refractivity contribution in [3.63, 3.8) is 0 Å². The van der Waals surface area contributed by atoms with E-state index in [0.717, 1.165) is 36.6 Å². The predicted molar refractivity (Wildman–Crippen MR) is 232 cm³/mol. The van der Waals surface area contributed by atoms with Crippen LogP contribution in [0, 0.1) is 0 Å². The van der Waals surface area contributed by atoms with Crippen molar-refractivity contribution >= 4 is 46.7 Å². The normalized spacial score (nSPS) is 18.7. The van der Waals surface area contributed by atoms with Gasteiger partial charge in [-0.25, -0.2) is 0 Å². The second-order valence-electron chi connectivity index (χ2n) is 18.3. The summed E-state index contributed by atoms with van der Waals surface area (Å²) in [4.78, 5) is 0. The third-order valence-corrected chi connectivity index (χ3v) is 13.2. The zero-order valence-electron chi connectivity index (χ0n) is 35.5. The number of fused-ring (bicyclic) bond motifs is 2. The Hall–Kier alpha value is -2.63. The van der Waals surface area contributed by atoms with Gasteiger partial charge in [-0.1, -0.05) is 139 Å². The lowest BCUT2D eigenvalue weighted by Gasteiger charge is -2.32. The van der Waals surface area contributed by atoms with Crippen molar-refractivity contribution in [1.29, 1.82) is 0 Å². The summed E-state index contributed by atoms with van der Waals surface area (Å²) in [6.07, 6.45) is 17.2. The van der Waals surface area contributed by atoms with Gasteiger partial charge in [0.1, 0.15) is 0 Å². The summed E-state index contributed by atoms with van der Waals surface area (Å²) in [5.41, 5.74) is 6.16. The minimum absolute atomic E-state index is 0.416. The van der Waals surface area contributed by atoms with E-state index < -0.39 is 36.6 Å². The molecule has 4 aromatic carbocycles. The molecule has 2 heterocycles. The van der Waals surface area contributed by atoms with E-state index in [2.05, 4.69) is 130 Å². The Labute approximate surface area is 328 Å². The molecular formula is C48H68B2O4. The van der Waals surface area contributed by atoms with Gasteiger partial charge in [0.2, 0.25) is 0 Å². The Kier molecular flexibility index (Phi) is 12.8. The number of benzene rings is 4. The van der Waals surface area contributed by atoms with Crippen molar-refractivity contribution in [2.24, 2.45) is 0 Å². The molecule has 2 aliphatic rings. The Morgan fingerprint density at radius 2 is 0.704 bits per heavy atom. The van der Waals surface area contributed by atoms with E-state index in [1.165, 1.54) is 108 Å². The number of unbranched alkanes of at least 4 members (excludes halogenated alkanes) is 10. The van der Waals surface area contributed by atoms with E-state index in [0.29, 0.717) is 0 Å². The van der Waals surface area contributed by atoms with Gasteiger partial charge in [-0.3, -0.25) is 0 Å². The highest BCUT2D eigenvalue weighted by Gasteiger charge is 2.53. The lowest BCUT2D eigenvalue weighted by atomic mass is 9.70. The van der Waals surface area contributed by atoms with Gasteiger partial charge in [0.15, 0.2) is 0 Å². The summed E-state index contributed by atoms with van der Waals surface area (Å²) in [6, 6.07) is 22.9. The fourth-order valence-corrected chi connectivity index (χ4v) is 8.43. The standard InChI is InChI=1S/C48H68B2O4/c1-11-13-15-17-19-21-27-35-33-41(49-51-45(3,4)46(5,6)52-49)37-29-23-25-31-39(37)43(35)44-36(28-22-20-18-16-14-12-2)34-42(38-30-24-26-32-40(38)44)50-53-47(7,8)48(9,10)54-50/h23-26,29-34H,11-22,27-28H2,1-10H3. The van der Waals surface area contributed by atoms with Crippen molar-refractivity contribution < 1.29 is 18.6 Å². The molecule has 0 spiro atoms. The molecule has 6 rings (SSSR count). The van der Waals surface area contributed by atoms with Crippen molar-refractivity contribution in [3.05, 3.63) is 71.8 Å². The van der Waals surface area contributed by atoms with Crippen LogP contribution in [0.1, 0.15) is 157 Å². The van der Waals surface area contributed by atoms with Crippen LogP contribution < -0.4 is 10.9 Å². The van der Waals surface area contributed by atoms with E-state index in [-0.39, 0.29) is 0 Å². The average molecular weight is 731 g/mol. The molecule has 0 amide bonds. The van der Waals surface area contributed by atoms with Crippen LogP contribution in [0.2, 0.25) is 0 Å². The maximum Gasteiger partial charge on any atom is 0.495 e. The summed E-state index contributed by atoms with van der Waals surface area (Å²) in [6.45, 7) is 21.8. The number of hydrogen-bond donors (Lipinski definition) is 0. The number of rotatable bonds is 17. The smallest absolute Gasteiger partial charge is 0.399 e. The molecule has 2 aliphatic heterocycles. The van der Waals surface area contributed by atoms with E-state index in [9.17, 15) is 0 Å². The van der Waals surface area contributed by atoms with Crippen LogP contribution in [0.15, 0.2) is 60.7 Å². The summed E-state index contributed by atoms with van der Waals surface area (Å²) in [5, 5.41) is 4.98. The third-order valence-electron chi connectivity index (χ3n) is 13.2. The van der Waals surface area contributed by atoms with Crippen molar-refractivity contribution in [3.8, 4) is 11.1 Å². The largest absolute Gasteiger partial charge is 0.495 e. The van der Waals surface area contributed by atoms with E-state index in [4.69, 9.17) is 18.6 Å². The maximum absolute atomic E-state index is 6.77. The van der Waals surface area contributed by atoms with Gasteiger partial charge >= 0.3 is 14.2 Å². The minimum atomic E-state index is -0.428. The molecule has 54 heavy (non-hydrogen) atoms. The predicted octanol–water partition coefficient (Wildman–Crippen LogP) is 12.1. The van der Waals surface area contributed by atoms with E-state index in [1.54, 1.807) is 0 Å². The molecule has 0 aliphatic carbocycles. The van der Waals surface area contributed by atoms with Crippen LogP contribution in [0.25, 0.3) is 32.7 Å². The number of aryl methyl sites for hydroxylation is 2. The first-order valence-corrected chi connectivity index (χ1v) is 21.5. The molecular weight excluding hydrogens is 662 g/mol. The van der Waals surface area contributed by atoms with Crippen LogP contribution in [-0.4, -0.2) is 36.6 Å². The van der Waals surface area contributed by atoms with Crippen LogP contribution in [-0.2, 0) is 31.5 Å². The molecule has 0 bridgehead atoms. The number of hydrogen-bond acceptors (Lipinski definition) is 4. The Morgan fingerprint density at radius 3 is 1.04 bits per heavy atom. The van der Waals surface area contributed by atoms with Gasteiger partial charge in [0.25, 0.3) is 0 Å². The topological polar surface area (TPSA) is 36.9 Å². The highest BCUT2D eigenvalue weighted by atomic mass is 16.7. The fraction of sp³-hybridized carbons (Fsp3) is 0.583. The van der Waals surface area contributed by atoms with E-state index in [1.807, 2.05) is 0 Å². The van der Waals surface area contributed by atoms with Crippen molar-refractivity contribution in [2.75, 3.05) is 0 Å². The van der Waals surface area contributed by atoms with Gasteiger partial charge in [0.05, 0.1) is 22.4 Å². The molecule has 6 heteroatoms. The van der Waals surface area contributed by atoms with Crippen molar-refractivity contribution in [2.45, 2.75) is 182 Å². The molecule has 2 saturated heterocycles. The molecule has 0 saturated carbocycles. The summed E-state index contributed by atoms with van der Waals surface area (Å²) in [7, 11) is -0.857.